The van der Waals surface area contributed by atoms with Crippen LogP contribution in [0.4, 0.5) is 0 Å². The predicted molar refractivity (Wildman–Crippen MR) is 146 cm³/mol. The zero-order chi connectivity index (χ0) is 34.2. The first-order chi connectivity index (χ1) is 21.0. The van der Waals surface area contributed by atoms with Crippen LogP contribution in [0.3, 0.4) is 0 Å². The van der Waals surface area contributed by atoms with Gasteiger partial charge in [-0.15, -0.1) is 0 Å². The number of carbonyl (C=O) groups excluding carboxylic acids is 2. The van der Waals surface area contributed by atoms with E-state index in [2.05, 4.69) is 10.6 Å². The molecule has 0 aromatic heterocycles. The van der Waals surface area contributed by atoms with Crippen LogP contribution in [0.2, 0.25) is 0 Å². The minimum Gasteiger partial charge on any atom is -0.477 e. The van der Waals surface area contributed by atoms with Gasteiger partial charge in [0.1, 0.15) is 54.9 Å². The highest BCUT2D eigenvalue weighted by molar-refractivity contribution is 5.76. The number of aliphatic carboxylic acids is 1. The van der Waals surface area contributed by atoms with Crippen LogP contribution in [0, 0.1) is 0 Å². The zero-order valence-corrected chi connectivity index (χ0v) is 25.3. The van der Waals surface area contributed by atoms with Crippen molar-refractivity contribution in [2.45, 2.75) is 119 Å². The monoisotopic (exact) mass is 658 g/mol. The Morgan fingerprint density at radius 1 is 0.911 bits per heavy atom. The van der Waals surface area contributed by atoms with Crippen molar-refractivity contribution in [3.05, 3.63) is 0 Å². The summed E-state index contributed by atoms with van der Waals surface area (Å²) in [4.78, 5) is 36.3. The highest BCUT2D eigenvalue weighted by Crippen LogP contribution is 2.35. The van der Waals surface area contributed by atoms with Crippen molar-refractivity contribution in [2.24, 2.45) is 0 Å². The fourth-order valence-corrected chi connectivity index (χ4v) is 5.01. The van der Waals surface area contributed by atoms with E-state index < -0.39 is 136 Å². The van der Waals surface area contributed by atoms with Crippen LogP contribution < -0.4 is 10.6 Å². The molecule has 2 amide bonds. The second-order valence-electron chi connectivity index (χ2n) is 11.1. The van der Waals surface area contributed by atoms with Gasteiger partial charge in [0.2, 0.25) is 11.8 Å². The Kier molecular flexibility index (Phi) is 14.9. The SMILES string of the molecule is CC(=O)NC1C(OC2C(CO)OC(C)C(O)C2O[C@](CC(O)[C@H](C)NC(C)=O)(OC[C@H](O)CO)C(=O)O)OC(CO)C(O)C1O. The third kappa shape index (κ3) is 9.94. The lowest BCUT2D eigenvalue weighted by Crippen LogP contribution is -2.68. The molecule has 0 bridgehead atoms. The maximum absolute atomic E-state index is 12.8. The fourth-order valence-electron chi connectivity index (χ4n) is 5.01. The Hall–Kier alpha value is -2.11. The Labute approximate surface area is 258 Å². The van der Waals surface area contributed by atoms with Crippen LogP contribution in [-0.4, -0.2) is 175 Å². The lowest BCUT2D eigenvalue weighted by atomic mass is 9.93. The molecule has 262 valence electrons. The molecule has 19 nitrogen and oxygen atoms in total. The number of aliphatic hydroxyl groups excluding tert-OH is 8. The summed E-state index contributed by atoms with van der Waals surface area (Å²) in [5, 5.41) is 97.2. The number of carboxylic acid groups (broad SMARTS) is 1. The Morgan fingerprint density at radius 2 is 1.53 bits per heavy atom. The second-order valence-corrected chi connectivity index (χ2v) is 11.1. The molecule has 2 fully saturated rings. The number of carbonyl (C=O) groups is 3. The Balaban J connectivity index is 2.58. The summed E-state index contributed by atoms with van der Waals surface area (Å²) >= 11 is 0. The first-order valence-electron chi connectivity index (χ1n) is 14.3. The van der Waals surface area contributed by atoms with Crippen LogP contribution in [-0.2, 0) is 38.1 Å². The number of nitrogens with one attached hydrogen (secondary N) is 2. The maximum atomic E-state index is 12.8. The van der Waals surface area contributed by atoms with Gasteiger partial charge in [0.05, 0.1) is 44.7 Å². The lowest BCUT2D eigenvalue weighted by Gasteiger charge is -2.49. The van der Waals surface area contributed by atoms with E-state index in [1.165, 1.54) is 13.8 Å². The van der Waals surface area contributed by atoms with E-state index in [4.69, 9.17) is 23.7 Å². The summed E-state index contributed by atoms with van der Waals surface area (Å²) in [6.45, 7) is 1.69. The summed E-state index contributed by atoms with van der Waals surface area (Å²) in [5.74, 6) is -6.01. The van der Waals surface area contributed by atoms with E-state index in [9.17, 15) is 60.3 Å². The van der Waals surface area contributed by atoms with Gasteiger partial charge in [-0.1, -0.05) is 0 Å². The van der Waals surface area contributed by atoms with E-state index in [-0.39, 0.29) is 0 Å². The fraction of sp³-hybridized carbons (Fsp3) is 0.885. The summed E-state index contributed by atoms with van der Waals surface area (Å²) in [6.07, 6.45) is -18.5. The highest BCUT2D eigenvalue weighted by atomic mass is 16.8. The van der Waals surface area contributed by atoms with Crippen molar-refractivity contribution in [3.63, 3.8) is 0 Å². The van der Waals surface area contributed by atoms with Gasteiger partial charge in [-0.2, -0.15) is 0 Å². The minimum atomic E-state index is -2.90. The Morgan fingerprint density at radius 3 is 2.04 bits per heavy atom. The van der Waals surface area contributed by atoms with Crippen LogP contribution >= 0.6 is 0 Å². The molecule has 45 heavy (non-hydrogen) atoms. The second kappa shape index (κ2) is 17.2. The molecule has 0 aromatic carbocycles. The lowest BCUT2D eigenvalue weighted by molar-refractivity contribution is -0.355. The number of amides is 2. The van der Waals surface area contributed by atoms with Crippen LogP contribution in [0.15, 0.2) is 0 Å². The van der Waals surface area contributed by atoms with Gasteiger partial charge in [0.25, 0.3) is 5.79 Å². The first-order valence-corrected chi connectivity index (χ1v) is 14.3. The van der Waals surface area contributed by atoms with Crippen LogP contribution in [0.5, 0.6) is 0 Å². The van der Waals surface area contributed by atoms with Crippen LogP contribution in [0.25, 0.3) is 0 Å². The number of hydrogen-bond donors (Lipinski definition) is 11. The highest BCUT2D eigenvalue weighted by Gasteiger charge is 2.55. The normalized spacial score (nSPS) is 35.5. The van der Waals surface area contributed by atoms with E-state index in [0.717, 1.165) is 13.8 Å². The minimum absolute atomic E-state index is 0.553. The average molecular weight is 659 g/mol. The molecule has 0 radical (unpaired) electrons. The smallest absolute Gasteiger partial charge is 0.364 e. The molecule has 14 atom stereocenters. The quantitative estimate of drug-likeness (QED) is 0.0688. The van der Waals surface area contributed by atoms with E-state index in [0.29, 0.717) is 0 Å². The molecule has 11 unspecified atom stereocenters. The largest absolute Gasteiger partial charge is 0.477 e. The van der Waals surface area contributed by atoms with Gasteiger partial charge in [0, 0.05) is 20.3 Å². The van der Waals surface area contributed by atoms with Gasteiger partial charge in [-0.3, -0.25) is 9.59 Å². The van der Waals surface area contributed by atoms with Gasteiger partial charge in [-0.25, -0.2) is 4.79 Å². The summed E-state index contributed by atoms with van der Waals surface area (Å²) < 4.78 is 28.5. The molecule has 0 spiro atoms. The average Bonchev–Trinajstić information content (AvgIpc) is 2.97. The summed E-state index contributed by atoms with van der Waals surface area (Å²) in [5.41, 5.74) is 0. The number of aliphatic hydroxyl groups is 8. The molecule has 19 heteroatoms. The van der Waals surface area contributed by atoms with Crippen molar-refractivity contribution in [2.75, 3.05) is 26.4 Å². The number of rotatable bonds is 16. The first kappa shape index (κ1) is 39.1. The summed E-state index contributed by atoms with van der Waals surface area (Å²) in [6, 6.07) is -2.54. The molecular formula is C26H46N2O17. The number of hydrogen-bond acceptors (Lipinski definition) is 16. The van der Waals surface area contributed by atoms with Crippen molar-refractivity contribution in [3.8, 4) is 0 Å². The van der Waals surface area contributed by atoms with Gasteiger partial charge in [0.15, 0.2) is 6.29 Å². The molecule has 2 rings (SSSR count). The van der Waals surface area contributed by atoms with Crippen molar-refractivity contribution in [1.29, 1.82) is 0 Å². The molecule has 2 aliphatic rings. The standard InChI is InChI=1S/C26H46N2O17/c1-10(27-12(3)32)15(35)5-26(25(39)40,41-9-14(34)6-29)45-23-19(36)11(2)42-17(8-31)22(23)44-24-18(28-13(4)33)21(38)20(37)16(7-30)43-24/h10-11,14-24,29-31,34-38H,5-9H2,1-4H3,(H,27,32)(H,28,33)(H,39,40)/t10-,11?,14+,15?,16?,17?,18?,19?,20?,21?,22?,23?,24?,26-/m0/s1. The van der Waals surface area contributed by atoms with Crippen molar-refractivity contribution < 1.29 is 84.0 Å². The molecule has 2 saturated heterocycles. The van der Waals surface area contributed by atoms with Crippen molar-refractivity contribution >= 4 is 17.8 Å². The third-order valence-corrected chi connectivity index (χ3v) is 7.48. The van der Waals surface area contributed by atoms with E-state index >= 15 is 0 Å². The van der Waals surface area contributed by atoms with Gasteiger partial charge in [-0.05, 0) is 13.8 Å². The maximum Gasteiger partial charge on any atom is 0.364 e. The molecule has 11 N–H and O–H groups in total. The predicted octanol–water partition coefficient (Wildman–Crippen LogP) is -5.73. The molecule has 0 aliphatic carbocycles. The van der Waals surface area contributed by atoms with E-state index in [1.807, 2.05) is 0 Å². The van der Waals surface area contributed by atoms with Gasteiger partial charge < -0.3 is 80.3 Å². The molecule has 2 heterocycles. The molecule has 0 aromatic rings. The van der Waals surface area contributed by atoms with E-state index in [1.54, 1.807) is 0 Å². The van der Waals surface area contributed by atoms with Crippen LogP contribution in [0.1, 0.15) is 34.1 Å². The topological polar surface area (TPSA) is 303 Å². The molecular weight excluding hydrogens is 612 g/mol. The molecule has 2 aliphatic heterocycles. The zero-order valence-electron chi connectivity index (χ0n) is 25.3. The molecule has 0 saturated carbocycles. The van der Waals surface area contributed by atoms with Gasteiger partial charge >= 0.3 is 5.97 Å². The third-order valence-electron chi connectivity index (χ3n) is 7.48. The Bertz CT molecular complexity index is 976. The number of ether oxygens (including phenoxy) is 5. The number of carboxylic acids is 1. The summed E-state index contributed by atoms with van der Waals surface area (Å²) in [7, 11) is 0. The van der Waals surface area contributed by atoms with Crippen molar-refractivity contribution in [1.82, 2.24) is 10.6 Å².